The van der Waals surface area contributed by atoms with E-state index < -0.39 is 0 Å². The predicted molar refractivity (Wildman–Crippen MR) is 115 cm³/mol. The van der Waals surface area contributed by atoms with Crippen LogP contribution in [0.1, 0.15) is 27.1 Å². The van der Waals surface area contributed by atoms with Crippen LogP contribution < -0.4 is 10.6 Å². The fraction of sp³-hybridized carbons (Fsp3) is 0.167. The Labute approximate surface area is 170 Å². The van der Waals surface area contributed by atoms with Gasteiger partial charge in [-0.25, -0.2) is 0 Å². The monoisotopic (exact) mass is 388 g/mol. The SMILES string of the molecule is COCCCNC(=O)c1ccccc1NC(=O)c1ccc(-c2ccccc2)cc1. The van der Waals surface area contributed by atoms with Gasteiger partial charge in [0.25, 0.3) is 11.8 Å². The summed E-state index contributed by atoms with van der Waals surface area (Å²) in [7, 11) is 1.62. The van der Waals surface area contributed by atoms with Gasteiger partial charge < -0.3 is 15.4 Å². The van der Waals surface area contributed by atoms with Crippen molar-refractivity contribution in [2.75, 3.05) is 25.6 Å². The number of hydrogen-bond donors (Lipinski definition) is 2. The molecule has 5 heteroatoms. The first-order chi connectivity index (χ1) is 14.2. The highest BCUT2D eigenvalue weighted by molar-refractivity contribution is 6.09. The van der Waals surface area contributed by atoms with Crippen LogP contribution in [0.4, 0.5) is 5.69 Å². The lowest BCUT2D eigenvalue weighted by molar-refractivity contribution is 0.0949. The van der Waals surface area contributed by atoms with Crippen molar-refractivity contribution >= 4 is 17.5 Å². The molecular weight excluding hydrogens is 364 g/mol. The van der Waals surface area contributed by atoms with Crippen LogP contribution in [0.5, 0.6) is 0 Å². The lowest BCUT2D eigenvalue weighted by atomic mass is 10.0. The molecule has 0 aliphatic heterocycles. The van der Waals surface area contributed by atoms with Gasteiger partial charge in [0.15, 0.2) is 0 Å². The zero-order valence-corrected chi connectivity index (χ0v) is 16.4. The molecule has 0 saturated carbocycles. The van der Waals surface area contributed by atoms with Gasteiger partial charge in [-0.05, 0) is 41.8 Å². The Bertz CT molecular complexity index is 953. The smallest absolute Gasteiger partial charge is 0.255 e. The van der Waals surface area contributed by atoms with Gasteiger partial charge in [0.2, 0.25) is 0 Å². The average molecular weight is 388 g/mol. The summed E-state index contributed by atoms with van der Waals surface area (Å²) in [5, 5.41) is 5.69. The van der Waals surface area contributed by atoms with Gasteiger partial charge in [0.05, 0.1) is 11.3 Å². The molecule has 0 aliphatic rings. The van der Waals surface area contributed by atoms with Gasteiger partial charge in [-0.2, -0.15) is 0 Å². The molecule has 0 heterocycles. The van der Waals surface area contributed by atoms with Crippen molar-refractivity contribution in [3.8, 4) is 11.1 Å². The topological polar surface area (TPSA) is 67.4 Å². The second-order valence-corrected chi connectivity index (χ2v) is 6.55. The quantitative estimate of drug-likeness (QED) is 0.563. The van der Waals surface area contributed by atoms with E-state index in [1.54, 1.807) is 43.5 Å². The van der Waals surface area contributed by atoms with Crippen LogP contribution in [-0.2, 0) is 4.74 Å². The van der Waals surface area contributed by atoms with Crippen molar-refractivity contribution in [2.45, 2.75) is 6.42 Å². The highest BCUT2D eigenvalue weighted by atomic mass is 16.5. The normalized spacial score (nSPS) is 10.4. The van der Waals surface area contributed by atoms with E-state index in [4.69, 9.17) is 4.74 Å². The molecule has 0 fully saturated rings. The summed E-state index contributed by atoms with van der Waals surface area (Å²) in [6.45, 7) is 1.09. The van der Waals surface area contributed by atoms with Crippen LogP contribution in [0.25, 0.3) is 11.1 Å². The number of rotatable bonds is 8. The van der Waals surface area contributed by atoms with E-state index in [0.29, 0.717) is 30.0 Å². The highest BCUT2D eigenvalue weighted by Crippen LogP contribution is 2.21. The largest absolute Gasteiger partial charge is 0.385 e. The molecule has 0 radical (unpaired) electrons. The van der Waals surface area contributed by atoms with Gasteiger partial charge in [0.1, 0.15) is 0 Å². The lowest BCUT2D eigenvalue weighted by Crippen LogP contribution is -2.26. The van der Waals surface area contributed by atoms with Crippen molar-refractivity contribution in [1.29, 1.82) is 0 Å². The van der Waals surface area contributed by atoms with E-state index in [1.807, 2.05) is 42.5 Å². The molecule has 3 aromatic carbocycles. The van der Waals surface area contributed by atoms with Gasteiger partial charge in [-0.3, -0.25) is 9.59 Å². The fourth-order valence-electron chi connectivity index (χ4n) is 2.94. The van der Waals surface area contributed by atoms with E-state index in [2.05, 4.69) is 10.6 Å². The number of methoxy groups -OCH3 is 1. The third kappa shape index (κ3) is 5.53. The minimum Gasteiger partial charge on any atom is -0.385 e. The van der Waals surface area contributed by atoms with Gasteiger partial charge in [0, 0.05) is 25.8 Å². The van der Waals surface area contributed by atoms with E-state index in [9.17, 15) is 9.59 Å². The molecule has 3 aromatic rings. The van der Waals surface area contributed by atoms with Crippen LogP contribution >= 0.6 is 0 Å². The zero-order valence-electron chi connectivity index (χ0n) is 16.4. The molecule has 3 rings (SSSR count). The number of anilines is 1. The summed E-state index contributed by atoms with van der Waals surface area (Å²) in [4.78, 5) is 25.1. The fourth-order valence-corrected chi connectivity index (χ4v) is 2.94. The Morgan fingerprint density at radius 1 is 0.793 bits per heavy atom. The van der Waals surface area contributed by atoms with Crippen LogP contribution in [0.2, 0.25) is 0 Å². The molecule has 0 bridgehead atoms. The molecule has 0 aliphatic carbocycles. The van der Waals surface area contributed by atoms with Crippen molar-refractivity contribution < 1.29 is 14.3 Å². The molecule has 0 aromatic heterocycles. The summed E-state index contributed by atoms with van der Waals surface area (Å²) in [6.07, 6.45) is 0.727. The summed E-state index contributed by atoms with van der Waals surface area (Å²) in [6, 6.07) is 24.3. The standard InChI is InChI=1S/C24H24N2O3/c1-29-17-7-16-25-24(28)21-10-5-6-11-22(21)26-23(27)20-14-12-19(13-15-20)18-8-3-2-4-9-18/h2-6,8-15H,7,16-17H2,1H3,(H,25,28)(H,26,27). The molecule has 0 saturated heterocycles. The first-order valence-electron chi connectivity index (χ1n) is 9.52. The number of hydrogen-bond acceptors (Lipinski definition) is 3. The highest BCUT2D eigenvalue weighted by Gasteiger charge is 2.14. The van der Waals surface area contributed by atoms with Gasteiger partial charge in [-0.15, -0.1) is 0 Å². The summed E-state index contributed by atoms with van der Waals surface area (Å²) < 4.78 is 4.98. The molecule has 0 atom stereocenters. The number of para-hydroxylation sites is 1. The van der Waals surface area contributed by atoms with Crippen molar-refractivity contribution in [1.82, 2.24) is 5.32 Å². The number of amides is 2. The predicted octanol–water partition coefficient (Wildman–Crippen LogP) is 4.37. The van der Waals surface area contributed by atoms with Crippen LogP contribution in [0, 0.1) is 0 Å². The summed E-state index contributed by atoms with van der Waals surface area (Å²) >= 11 is 0. The number of ether oxygens (including phenoxy) is 1. The second kappa shape index (κ2) is 10.2. The molecule has 0 spiro atoms. The Morgan fingerprint density at radius 2 is 1.45 bits per heavy atom. The Kier molecular flexibility index (Phi) is 7.14. The van der Waals surface area contributed by atoms with E-state index in [-0.39, 0.29) is 11.8 Å². The molecule has 29 heavy (non-hydrogen) atoms. The number of nitrogens with one attached hydrogen (secondary N) is 2. The maximum Gasteiger partial charge on any atom is 0.255 e. The van der Waals surface area contributed by atoms with Crippen LogP contribution in [-0.4, -0.2) is 32.1 Å². The van der Waals surface area contributed by atoms with E-state index in [1.165, 1.54) is 0 Å². The van der Waals surface area contributed by atoms with Crippen LogP contribution in [0.15, 0.2) is 78.9 Å². The molecule has 0 unspecified atom stereocenters. The van der Waals surface area contributed by atoms with Crippen molar-refractivity contribution in [3.63, 3.8) is 0 Å². The maximum atomic E-state index is 12.7. The Morgan fingerprint density at radius 3 is 2.17 bits per heavy atom. The van der Waals surface area contributed by atoms with Gasteiger partial charge >= 0.3 is 0 Å². The average Bonchev–Trinajstić information content (AvgIpc) is 2.77. The number of carbonyl (C=O) groups is 2. The molecule has 148 valence electrons. The molecular formula is C24H24N2O3. The van der Waals surface area contributed by atoms with Crippen molar-refractivity contribution in [2.24, 2.45) is 0 Å². The van der Waals surface area contributed by atoms with Crippen LogP contribution in [0.3, 0.4) is 0 Å². The van der Waals surface area contributed by atoms with E-state index >= 15 is 0 Å². The molecule has 2 N–H and O–H groups in total. The minimum atomic E-state index is -0.260. The zero-order chi connectivity index (χ0) is 20.5. The maximum absolute atomic E-state index is 12.7. The summed E-state index contributed by atoms with van der Waals surface area (Å²) in [5.74, 6) is -0.485. The second-order valence-electron chi connectivity index (χ2n) is 6.55. The Balaban J connectivity index is 1.68. The first kappa shape index (κ1) is 20.3. The third-order valence-electron chi connectivity index (χ3n) is 4.48. The van der Waals surface area contributed by atoms with E-state index in [0.717, 1.165) is 17.5 Å². The number of benzene rings is 3. The third-order valence-corrected chi connectivity index (χ3v) is 4.48. The minimum absolute atomic E-state index is 0.226. The lowest BCUT2D eigenvalue weighted by Gasteiger charge is -2.12. The molecule has 5 nitrogen and oxygen atoms in total. The van der Waals surface area contributed by atoms with Crippen molar-refractivity contribution in [3.05, 3.63) is 90.0 Å². The van der Waals surface area contributed by atoms with Gasteiger partial charge in [-0.1, -0.05) is 54.6 Å². The molecule has 2 amide bonds. The first-order valence-corrected chi connectivity index (χ1v) is 9.52. The summed E-state index contributed by atoms with van der Waals surface area (Å²) in [5.41, 5.74) is 3.57. The number of carbonyl (C=O) groups excluding carboxylic acids is 2. The Hall–Kier alpha value is -3.44.